The minimum Gasteiger partial charge on any atom is -0.372 e. The first kappa shape index (κ1) is 13.1. The molecule has 1 aliphatic heterocycles. The summed E-state index contributed by atoms with van der Waals surface area (Å²) >= 11 is 0. The molecule has 1 fully saturated rings. The van der Waals surface area contributed by atoms with Crippen molar-refractivity contribution in [3.05, 3.63) is 36.1 Å². The van der Waals surface area contributed by atoms with E-state index in [0.717, 1.165) is 6.42 Å². The molecule has 1 saturated heterocycles. The highest BCUT2D eigenvalue weighted by atomic mass is 15.1. The maximum Gasteiger partial charge on any atom is 0.0355 e. The summed E-state index contributed by atoms with van der Waals surface area (Å²) in [7, 11) is 0. The van der Waals surface area contributed by atoms with Crippen LogP contribution in [-0.2, 0) is 0 Å². The third kappa shape index (κ3) is 3.55. The lowest BCUT2D eigenvalue weighted by molar-refractivity contribution is 0.288. The number of allylic oxidation sites excluding steroid dienone is 4. The maximum absolute atomic E-state index is 3.82. The van der Waals surface area contributed by atoms with E-state index in [1.165, 1.54) is 50.0 Å². The van der Waals surface area contributed by atoms with E-state index in [9.17, 15) is 0 Å². The smallest absolute Gasteiger partial charge is 0.0355 e. The normalized spacial score (nSPS) is 18.8. The Bertz CT molecular complexity index is 267. The van der Waals surface area contributed by atoms with Crippen molar-refractivity contribution in [1.29, 1.82) is 0 Å². The summed E-state index contributed by atoms with van der Waals surface area (Å²) in [6.45, 7) is 10.6. The summed E-state index contributed by atoms with van der Waals surface area (Å²) in [6, 6.07) is 0. The number of hydrogen-bond donors (Lipinski definition) is 0. The number of nitrogens with zero attached hydrogens (tertiary/aromatic N) is 1. The number of hydrogen-bond acceptors (Lipinski definition) is 1. The predicted molar refractivity (Wildman–Crippen MR) is 72.4 cm³/mol. The van der Waals surface area contributed by atoms with Gasteiger partial charge in [0.05, 0.1) is 0 Å². The SMILES string of the molecule is C=C/C=C(CCC)\C(=C/C)N1CCCCC1. The van der Waals surface area contributed by atoms with E-state index in [4.69, 9.17) is 0 Å². The molecule has 16 heavy (non-hydrogen) atoms. The van der Waals surface area contributed by atoms with Crippen LogP contribution in [0.3, 0.4) is 0 Å². The molecule has 1 nitrogen and oxygen atoms in total. The van der Waals surface area contributed by atoms with E-state index in [1.807, 2.05) is 6.08 Å². The highest BCUT2D eigenvalue weighted by molar-refractivity contribution is 5.32. The molecular weight excluding hydrogens is 194 g/mol. The van der Waals surface area contributed by atoms with Crippen LogP contribution in [0.15, 0.2) is 36.1 Å². The highest BCUT2D eigenvalue weighted by Crippen LogP contribution is 2.23. The van der Waals surface area contributed by atoms with Gasteiger partial charge in [0, 0.05) is 18.8 Å². The van der Waals surface area contributed by atoms with Gasteiger partial charge in [-0.25, -0.2) is 0 Å². The molecule has 0 N–H and O–H groups in total. The lowest BCUT2D eigenvalue weighted by Gasteiger charge is -2.32. The second-order valence-corrected chi connectivity index (χ2v) is 4.40. The lowest BCUT2D eigenvalue weighted by Crippen LogP contribution is -2.29. The monoisotopic (exact) mass is 219 g/mol. The summed E-state index contributed by atoms with van der Waals surface area (Å²) in [6.07, 6.45) is 12.8. The molecule has 0 atom stereocenters. The van der Waals surface area contributed by atoms with E-state index in [0.29, 0.717) is 0 Å². The first-order valence-corrected chi connectivity index (χ1v) is 6.56. The lowest BCUT2D eigenvalue weighted by atomic mass is 10.0. The minimum atomic E-state index is 1.15. The predicted octanol–water partition coefficient (Wildman–Crippen LogP) is 4.29. The fourth-order valence-corrected chi connectivity index (χ4v) is 2.41. The van der Waals surface area contributed by atoms with Crippen LogP contribution in [0.25, 0.3) is 0 Å². The molecule has 0 saturated carbocycles. The zero-order chi connectivity index (χ0) is 11.8. The Kier molecular flexibility index (Phi) is 5.99. The molecule has 90 valence electrons. The van der Waals surface area contributed by atoms with Crippen LogP contribution in [0.1, 0.15) is 46.0 Å². The van der Waals surface area contributed by atoms with Gasteiger partial charge in [0.25, 0.3) is 0 Å². The Balaban J connectivity index is 2.77. The van der Waals surface area contributed by atoms with Gasteiger partial charge in [-0.15, -0.1) is 0 Å². The van der Waals surface area contributed by atoms with Crippen molar-refractivity contribution in [1.82, 2.24) is 4.90 Å². The summed E-state index contributed by atoms with van der Waals surface area (Å²) < 4.78 is 0. The second-order valence-electron chi connectivity index (χ2n) is 4.40. The average molecular weight is 219 g/mol. The average Bonchev–Trinajstić information content (AvgIpc) is 2.32. The third-order valence-electron chi connectivity index (χ3n) is 3.14. The number of likely N-dealkylation sites (tertiary alicyclic amines) is 1. The molecule has 1 rings (SSSR count). The van der Waals surface area contributed by atoms with Crippen molar-refractivity contribution in [2.75, 3.05) is 13.1 Å². The zero-order valence-corrected chi connectivity index (χ0v) is 10.8. The molecule has 0 aromatic carbocycles. The van der Waals surface area contributed by atoms with Gasteiger partial charge in [0.1, 0.15) is 0 Å². The van der Waals surface area contributed by atoms with E-state index >= 15 is 0 Å². The summed E-state index contributed by atoms with van der Waals surface area (Å²) in [5.41, 5.74) is 2.88. The molecule has 1 heteroatoms. The Morgan fingerprint density at radius 3 is 2.44 bits per heavy atom. The van der Waals surface area contributed by atoms with Crippen molar-refractivity contribution >= 4 is 0 Å². The third-order valence-corrected chi connectivity index (χ3v) is 3.14. The van der Waals surface area contributed by atoms with E-state index in [2.05, 4.69) is 37.5 Å². The molecule has 0 aromatic heterocycles. The molecule has 0 unspecified atom stereocenters. The Morgan fingerprint density at radius 1 is 1.25 bits per heavy atom. The Morgan fingerprint density at radius 2 is 1.94 bits per heavy atom. The van der Waals surface area contributed by atoms with Crippen LogP contribution in [-0.4, -0.2) is 18.0 Å². The van der Waals surface area contributed by atoms with E-state index < -0.39 is 0 Å². The van der Waals surface area contributed by atoms with Crippen LogP contribution in [0.5, 0.6) is 0 Å². The quantitative estimate of drug-likeness (QED) is 0.623. The second kappa shape index (κ2) is 7.32. The summed E-state index contributed by atoms with van der Waals surface area (Å²) in [4.78, 5) is 2.54. The summed E-state index contributed by atoms with van der Waals surface area (Å²) in [5, 5.41) is 0. The fraction of sp³-hybridized carbons (Fsp3) is 0.600. The van der Waals surface area contributed by atoms with Crippen molar-refractivity contribution in [2.45, 2.75) is 46.0 Å². The molecule has 0 spiro atoms. The zero-order valence-electron chi connectivity index (χ0n) is 10.8. The van der Waals surface area contributed by atoms with E-state index in [1.54, 1.807) is 0 Å². The van der Waals surface area contributed by atoms with E-state index in [-0.39, 0.29) is 0 Å². The first-order chi connectivity index (χ1) is 7.83. The van der Waals surface area contributed by atoms with Gasteiger partial charge in [-0.3, -0.25) is 0 Å². The van der Waals surface area contributed by atoms with Crippen LogP contribution in [0.2, 0.25) is 0 Å². The largest absolute Gasteiger partial charge is 0.372 e. The van der Waals surface area contributed by atoms with Gasteiger partial charge in [0.2, 0.25) is 0 Å². The number of piperidine rings is 1. The van der Waals surface area contributed by atoms with Gasteiger partial charge >= 0.3 is 0 Å². The number of rotatable bonds is 5. The van der Waals surface area contributed by atoms with Gasteiger partial charge in [-0.2, -0.15) is 0 Å². The van der Waals surface area contributed by atoms with Gasteiger partial charge < -0.3 is 4.90 Å². The molecule has 0 radical (unpaired) electrons. The molecule has 0 aromatic rings. The Labute approximate surface area is 101 Å². The summed E-state index contributed by atoms with van der Waals surface area (Å²) in [5.74, 6) is 0. The molecule has 1 heterocycles. The highest BCUT2D eigenvalue weighted by Gasteiger charge is 2.15. The standard InChI is InChI=1S/C15H25N/c1-4-10-14(11-5-2)15(6-3)16-12-8-7-9-13-16/h4,6,10H,1,5,7-9,11-13H2,2-3H3/b14-10-,15-6+. The molecular formula is C15H25N. The molecule has 1 aliphatic rings. The van der Waals surface area contributed by atoms with Crippen LogP contribution in [0.4, 0.5) is 0 Å². The molecule has 0 amide bonds. The van der Waals surface area contributed by atoms with Crippen LogP contribution in [0, 0.1) is 0 Å². The minimum absolute atomic E-state index is 1.15. The van der Waals surface area contributed by atoms with Crippen molar-refractivity contribution in [3.63, 3.8) is 0 Å². The van der Waals surface area contributed by atoms with Crippen LogP contribution < -0.4 is 0 Å². The first-order valence-electron chi connectivity index (χ1n) is 6.56. The topological polar surface area (TPSA) is 3.24 Å². The Hall–Kier alpha value is -0.980. The molecule has 0 bridgehead atoms. The van der Waals surface area contributed by atoms with Crippen molar-refractivity contribution in [2.24, 2.45) is 0 Å². The van der Waals surface area contributed by atoms with Gasteiger partial charge in [-0.1, -0.05) is 38.2 Å². The van der Waals surface area contributed by atoms with Crippen LogP contribution >= 0.6 is 0 Å². The molecule has 0 aliphatic carbocycles. The van der Waals surface area contributed by atoms with Gasteiger partial charge in [0.15, 0.2) is 0 Å². The van der Waals surface area contributed by atoms with Crippen molar-refractivity contribution < 1.29 is 0 Å². The maximum atomic E-state index is 3.82. The van der Waals surface area contributed by atoms with Gasteiger partial charge in [-0.05, 0) is 38.2 Å². The van der Waals surface area contributed by atoms with Crippen molar-refractivity contribution in [3.8, 4) is 0 Å². The fourth-order valence-electron chi connectivity index (χ4n) is 2.41.